The molecule has 0 amide bonds. The van der Waals surface area contributed by atoms with Gasteiger partial charge in [-0.05, 0) is 47.4 Å². The lowest BCUT2D eigenvalue weighted by Crippen LogP contribution is -2.45. The Morgan fingerprint density at radius 1 is 1.00 bits per heavy atom. The predicted octanol–water partition coefficient (Wildman–Crippen LogP) is 4.51. The Labute approximate surface area is 148 Å². The van der Waals surface area contributed by atoms with Crippen molar-refractivity contribution in [3.05, 3.63) is 70.1 Å². The molecule has 0 saturated carbocycles. The molecule has 3 heteroatoms. The molecule has 1 aliphatic heterocycles. The van der Waals surface area contributed by atoms with E-state index < -0.39 is 0 Å². The van der Waals surface area contributed by atoms with Crippen LogP contribution in [0, 0.1) is 13.8 Å². The predicted molar refractivity (Wildman–Crippen MR) is 104 cm³/mol. The number of hydrogen-bond acceptors (Lipinski definition) is 3. The normalized spacial score (nSPS) is 17.2. The Bertz CT molecular complexity index is 846. The molecule has 124 valence electrons. The van der Waals surface area contributed by atoms with Gasteiger partial charge in [-0.25, -0.2) is 0 Å². The van der Waals surface area contributed by atoms with E-state index in [1.54, 1.807) is 0 Å². The maximum absolute atomic E-state index is 3.49. The molecule has 3 aromatic rings. The first-order chi connectivity index (χ1) is 11.7. The van der Waals surface area contributed by atoms with Crippen LogP contribution < -0.4 is 5.32 Å². The minimum atomic E-state index is 0.350. The molecule has 1 N–H and O–H groups in total. The van der Waals surface area contributed by atoms with E-state index in [-0.39, 0.29) is 0 Å². The van der Waals surface area contributed by atoms with Crippen LogP contribution in [0.3, 0.4) is 0 Å². The monoisotopic (exact) mass is 336 g/mol. The van der Waals surface area contributed by atoms with Gasteiger partial charge in [0.05, 0.1) is 6.04 Å². The quantitative estimate of drug-likeness (QED) is 0.757. The summed E-state index contributed by atoms with van der Waals surface area (Å²) in [5.41, 5.74) is 5.65. The highest BCUT2D eigenvalue weighted by molar-refractivity contribution is 7.17. The van der Waals surface area contributed by atoms with E-state index in [0.29, 0.717) is 6.04 Å². The molecule has 1 saturated heterocycles. The molecule has 0 spiro atoms. The van der Waals surface area contributed by atoms with Crippen molar-refractivity contribution in [2.75, 3.05) is 26.2 Å². The fourth-order valence-electron chi connectivity index (χ4n) is 3.77. The molecule has 1 unspecified atom stereocenters. The number of piperazine rings is 1. The lowest BCUT2D eigenvalue weighted by Gasteiger charge is -2.36. The number of thiophene rings is 1. The number of benzene rings is 2. The van der Waals surface area contributed by atoms with Gasteiger partial charge in [0.1, 0.15) is 0 Å². The summed E-state index contributed by atoms with van der Waals surface area (Å²) in [6, 6.07) is 16.0. The minimum Gasteiger partial charge on any atom is -0.314 e. The fraction of sp³-hybridized carbons (Fsp3) is 0.333. The van der Waals surface area contributed by atoms with Crippen LogP contribution in [0.4, 0.5) is 0 Å². The van der Waals surface area contributed by atoms with Gasteiger partial charge in [-0.1, -0.05) is 42.0 Å². The second-order valence-electron chi connectivity index (χ2n) is 6.74. The van der Waals surface area contributed by atoms with Crippen molar-refractivity contribution in [2.45, 2.75) is 19.9 Å². The van der Waals surface area contributed by atoms with Gasteiger partial charge in [-0.15, -0.1) is 11.3 Å². The first-order valence-electron chi connectivity index (χ1n) is 8.72. The molecule has 1 aromatic heterocycles. The van der Waals surface area contributed by atoms with Crippen LogP contribution in [-0.4, -0.2) is 31.1 Å². The summed E-state index contributed by atoms with van der Waals surface area (Å²) in [7, 11) is 0. The van der Waals surface area contributed by atoms with Gasteiger partial charge in [0, 0.05) is 30.9 Å². The molecular formula is C21H24N2S. The maximum atomic E-state index is 3.49. The van der Waals surface area contributed by atoms with Gasteiger partial charge in [-0.3, -0.25) is 4.90 Å². The zero-order valence-electron chi connectivity index (χ0n) is 14.4. The van der Waals surface area contributed by atoms with E-state index in [1.807, 2.05) is 11.3 Å². The van der Waals surface area contributed by atoms with Crippen molar-refractivity contribution in [3.8, 4) is 0 Å². The molecule has 24 heavy (non-hydrogen) atoms. The zero-order chi connectivity index (χ0) is 16.5. The van der Waals surface area contributed by atoms with Crippen LogP contribution in [0.25, 0.3) is 10.1 Å². The second-order valence-corrected chi connectivity index (χ2v) is 7.65. The number of nitrogens with one attached hydrogen (secondary N) is 1. The third-order valence-electron chi connectivity index (χ3n) is 5.05. The van der Waals surface area contributed by atoms with Crippen LogP contribution in [0.15, 0.2) is 47.8 Å². The minimum absolute atomic E-state index is 0.350. The summed E-state index contributed by atoms with van der Waals surface area (Å²) in [5.74, 6) is 0. The standard InChI is InChI=1S/C21H24N2S/c1-15-7-8-16(2)18(13-15)21(23-11-9-22-10-12-23)19-14-24-20-6-4-3-5-17(19)20/h3-8,13-14,21-22H,9-12H2,1-2H3. The molecule has 1 aliphatic rings. The van der Waals surface area contributed by atoms with Gasteiger partial charge in [0.15, 0.2) is 0 Å². The van der Waals surface area contributed by atoms with Crippen molar-refractivity contribution >= 4 is 21.4 Å². The number of nitrogens with zero attached hydrogens (tertiary/aromatic N) is 1. The maximum Gasteiger partial charge on any atom is 0.0619 e. The van der Waals surface area contributed by atoms with Crippen LogP contribution >= 0.6 is 11.3 Å². The molecule has 0 bridgehead atoms. The number of fused-ring (bicyclic) bond motifs is 1. The number of aryl methyl sites for hydroxylation is 2. The summed E-state index contributed by atoms with van der Waals surface area (Å²) in [5, 5.41) is 7.27. The summed E-state index contributed by atoms with van der Waals surface area (Å²) >= 11 is 1.87. The molecule has 2 heterocycles. The third kappa shape index (κ3) is 2.88. The van der Waals surface area contributed by atoms with E-state index >= 15 is 0 Å². The van der Waals surface area contributed by atoms with Crippen molar-refractivity contribution in [1.82, 2.24) is 10.2 Å². The Balaban J connectivity index is 1.88. The van der Waals surface area contributed by atoms with E-state index in [9.17, 15) is 0 Å². The van der Waals surface area contributed by atoms with Crippen molar-refractivity contribution in [3.63, 3.8) is 0 Å². The van der Waals surface area contributed by atoms with E-state index in [1.165, 1.54) is 32.3 Å². The van der Waals surface area contributed by atoms with Gasteiger partial charge < -0.3 is 5.32 Å². The summed E-state index contributed by atoms with van der Waals surface area (Å²) < 4.78 is 1.39. The Hall–Kier alpha value is -1.68. The Morgan fingerprint density at radius 3 is 2.62 bits per heavy atom. The lowest BCUT2D eigenvalue weighted by atomic mass is 9.91. The topological polar surface area (TPSA) is 15.3 Å². The average Bonchev–Trinajstić information content (AvgIpc) is 3.03. The first-order valence-corrected chi connectivity index (χ1v) is 9.60. The van der Waals surface area contributed by atoms with Gasteiger partial charge in [0.2, 0.25) is 0 Å². The van der Waals surface area contributed by atoms with Crippen molar-refractivity contribution in [1.29, 1.82) is 0 Å². The molecule has 2 aromatic carbocycles. The number of rotatable bonds is 3. The van der Waals surface area contributed by atoms with Crippen LogP contribution in [-0.2, 0) is 0 Å². The largest absolute Gasteiger partial charge is 0.314 e. The fourth-order valence-corrected chi connectivity index (χ4v) is 4.75. The van der Waals surface area contributed by atoms with E-state index in [2.05, 4.69) is 71.9 Å². The molecule has 0 aliphatic carbocycles. The molecule has 2 nitrogen and oxygen atoms in total. The molecule has 4 rings (SSSR count). The Morgan fingerprint density at radius 2 is 1.79 bits per heavy atom. The summed E-state index contributed by atoms with van der Waals surface area (Å²) in [6.45, 7) is 8.79. The lowest BCUT2D eigenvalue weighted by molar-refractivity contribution is 0.199. The first kappa shape index (κ1) is 15.8. The van der Waals surface area contributed by atoms with Crippen molar-refractivity contribution < 1.29 is 0 Å². The molecule has 0 radical (unpaired) electrons. The summed E-state index contributed by atoms with van der Waals surface area (Å²) in [6.07, 6.45) is 0. The van der Waals surface area contributed by atoms with Crippen LogP contribution in [0.2, 0.25) is 0 Å². The van der Waals surface area contributed by atoms with E-state index in [4.69, 9.17) is 0 Å². The summed E-state index contributed by atoms with van der Waals surface area (Å²) in [4.78, 5) is 2.65. The van der Waals surface area contributed by atoms with Gasteiger partial charge >= 0.3 is 0 Å². The number of hydrogen-bond donors (Lipinski definition) is 1. The highest BCUT2D eigenvalue weighted by Crippen LogP contribution is 2.38. The zero-order valence-corrected chi connectivity index (χ0v) is 15.2. The molecule has 1 fully saturated rings. The van der Waals surface area contributed by atoms with E-state index in [0.717, 1.165) is 26.2 Å². The highest BCUT2D eigenvalue weighted by atomic mass is 32.1. The van der Waals surface area contributed by atoms with Crippen LogP contribution in [0.1, 0.15) is 28.3 Å². The van der Waals surface area contributed by atoms with Gasteiger partial charge in [-0.2, -0.15) is 0 Å². The average molecular weight is 337 g/mol. The Kier molecular flexibility index (Phi) is 4.40. The molecule has 1 atom stereocenters. The second kappa shape index (κ2) is 6.67. The van der Waals surface area contributed by atoms with Crippen molar-refractivity contribution in [2.24, 2.45) is 0 Å². The van der Waals surface area contributed by atoms with Gasteiger partial charge in [0.25, 0.3) is 0 Å². The smallest absolute Gasteiger partial charge is 0.0619 e. The van der Waals surface area contributed by atoms with Crippen LogP contribution in [0.5, 0.6) is 0 Å². The molecular weight excluding hydrogens is 312 g/mol. The SMILES string of the molecule is Cc1ccc(C)c(C(c2csc3ccccc23)N2CCNCC2)c1. The highest BCUT2D eigenvalue weighted by Gasteiger charge is 2.27. The third-order valence-corrected chi connectivity index (χ3v) is 6.03.